The van der Waals surface area contributed by atoms with Gasteiger partial charge in [0.05, 0.1) is 10.6 Å². The van der Waals surface area contributed by atoms with Gasteiger partial charge in [-0.05, 0) is 54.2 Å². The SMILES string of the molecule is O=C(NC(=S)Nc1ccc(-c2cc3ccccc3oc2=O)cc1)c1sc2cc(Cl)ccc2c1Cl. The van der Waals surface area contributed by atoms with Gasteiger partial charge in [0.1, 0.15) is 10.5 Å². The van der Waals surface area contributed by atoms with Gasteiger partial charge in [0.2, 0.25) is 0 Å². The molecule has 2 N–H and O–H groups in total. The molecule has 9 heteroatoms. The zero-order valence-electron chi connectivity index (χ0n) is 17.2. The highest BCUT2D eigenvalue weighted by Gasteiger charge is 2.18. The maximum atomic E-state index is 12.7. The summed E-state index contributed by atoms with van der Waals surface area (Å²) in [7, 11) is 0. The second kappa shape index (κ2) is 9.19. The van der Waals surface area contributed by atoms with E-state index in [-0.39, 0.29) is 5.11 Å². The molecular formula is C25H14Cl2N2O3S2. The quantitative estimate of drug-likeness (QED) is 0.194. The Kier molecular flexibility index (Phi) is 6.10. The Labute approximate surface area is 212 Å². The molecule has 0 saturated carbocycles. The Morgan fingerprint density at radius 2 is 1.74 bits per heavy atom. The Hall–Kier alpha value is -3.23. The van der Waals surface area contributed by atoms with E-state index >= 15 is 0 Å². The minimum Gasteiger partial charge on any atom is -0.422 e. The number of rotatable bonds is 3. The number of carbonyl (C=O) groups is 1. The maximum Gasteiger partial charge on any atom is 0.344 e. The molecule has 0 spiro atoms. The van der Waals surface area contributed by atoms with Crippen LogP contribution >= 0.6 is 46.8 Å². The second-order valence-corrected chi connectivity index (χ2v) is 9.63. The van der Waals surface area contributed by atoms with Crippen molar-refractivity contribution in [3.63, 3.8) is 0 Å². The lowest BCUT2D eigenvalue weighted by atomic mass is 10.1. The van der Waals surface area contributed by atoms with E-state index in [0.29, 0.717) is 37.3 Å². The topological polar surface area (TPSA) is 71.3 Å². The lowest BCUT2D eigenvalue weighted by Gasteiger charge is -2.10. The van der Waals surface area contributed by atoms with E-state index in [2.05, 4.69) is 10.6 Å². The van der Waals surface area contributed by atoms with Crippen LogP contribution in [0, 0.1) is 0 Å². The van der Waals surface area contributed by atoms with E-state index in [1.165, 1.54) is 11.3 Å². The van der Waals surface area contributed by atoms with Crippen molar-refractivity contribution in [2.24, 2.45) is 0 Å². The predicted molar refractivity (Wildman–Crippen MR) is 143 cm³/mol. The molecule has 0 saturated heterocycles. The first kappa shape index (κ1) is 22.6. The Bertz CT molecular complexity index is 1640. The molecule has 5 rings (SSSR count). The molecule has 1 amide bonds. The van der Waals surface area contributed by atoms with Gasteiger partial charge in [-0.2, -0.15) is 0 Å². The van der Waals surface area contributed by atoms with Gasteiger partial charge in [-0.3, -0.25) is 10.1 Å². The van der Waals surface area contributed by atoms with Gasteiger partial charge in [-0.1, -0.05) is 59.6 Å². The third-order valence-corrected chi connectivity index (χ3v) is 7.22. The number of amides is 1. The summed E-state index contributed by atoms with van der Waals surface area (Å²) >= 11 is 18.9. The molecule has 5 aromatic rings. The van der Waals surface area contributed by atoms with Gasteiger partial charge >= 0.3 is 5.63 Å². The van der Waals surface area contributed by atoms with Crippen molar-refractivity contribution in [1.29, 1.82) is 0 Å². The number of fused-ring (bicyclic) bond motifs is 2. The van der Waals surface area contributed by atoms with Gasteiger partial charge in [0, 0.05) is 26.2 Å². The van der Waals surface area contributed by atoms with Crippen LogP contribution in [0.15, 0.2) is 82.0 Å². The zero-order chi connectivity index (χ0) is 23.8. The summed E-state index contributed by atoms with van der Waals surface area (Å²) in [6.07, 6.45) is 0. The Balaban J connectivity index is 1.30. The number of thiophene rings is 1. The summed E-state index contributed by atoms with van der Waals surface area (Å²) in [6, 6.07) is 21.5. The fraction of sp³-hybridized carbons (Fsp3) is 0. The number of para-hydroxylation sites is 1. The lowest BCUT2D eigenvalue weighted by Crippen LogP contribution is -2.33. The summed E-state index contributed by atoms with van der Waals surface area (Å²) in [5, 5.41) is 8.25. The Morgan fingerprint density at radius 3 is 2.53 bits per heavy atom. The van der Waals surface area contributed by atoms with Crippen molar-refractivity contribution in [2.45, 2.75) is 0 Å². The van der Waals surface area contributed by atoms with E-state index in [1.807, 2.05) is 18.2 Å². The molecule has 0 radical (unpaired) electrons. The van der Waals surface area contributed by atoms with Crippen LogP contribution in [0.5, 0.6) is 0 Å². The van der Waals surface area contributed by atoms with Gasteiger partial charge in [0.25, 0.3) is 5.91 Å². The summed E-state index contributed by atoms with van der Waals surface area (Å²) in [5.41, 5.74) is 1.94. The fourth-order valence-corrected chi connectivity index (χ4v) is 5.40. The van der Waals surface area contributed by atoms with Crippen LogP contribution < -0.4 is 16.3 Å². The average molecular weight is 525 g/mol. The van der Waals surface area contributed by atoms with Gasteiger partial charge in [-0.15, -0.1) is 11.3 Å². The van der Waals surface area contributed by atoms with E-state index < -0.39 is 11.5 Å². The number of hydrogen-bond donors (Lipinski definition) is 2. The van der Waals surface area contributed by atoms with Crippen molar-refractivity contribution < 1.29 is 9.21 Å². The minimum atomic E-state index is -0.413. The monoisotopic (exact) mass is 524 g/mol. The molecule has 0 fully saturated rings. The number of carbonyl (C=O) groups excluding carboxylic acids is 1. The van der Waals surface area contributed by atoms with Crippen LogP contribution in [0.4, 0.5) is 5.69 Å². The van der Waals surface area contributed by atoms with Gasteiger partial charge in [-0.25, -0.2) is 4.79 Å². The standard InChI is InChI=1S/C25H14Cl2N2O3S2/c26-15-7-10-17-20(12-15)34-22(21(17)27)23(30)29-25(33)28-16-8-5-13(6-9-16)18-11-14-3-1-2-4-19(14)32-24(18)31/h1-12H,(H2,28,29,30,33). The van der Waals surface area contributed by atoms with Gasteiger partial charge < -0.3 is 9.73 Å². The van der Waals surface area contributed by atoms with Crippen LogP contribution in [0.25, 0.3) is 32.2 Å². The molecule has 0 bridgehead atoms. The van der Waals surface area contributed by atoms with Crippen molar-refractivity contribution in [3.05, 3.63) is 98.1 Å². The second-order valence-electron chi connectivity index (χ2n) is 7.36. The van der Waals surface area contributed by atoms with Crippen LogP contribution in [-0.4, -0.2) is 11.0 Å². The molecule has 0 aliphatic carbocycles. The molecule has 0 atom stereocenters. The number of thiocarbonyl (C=S) groups is 1. The van der Waals surface area contributed by atoms with E-state index in [0.717, 1.165) is 15.5 Å². The summed E-state index contributed by atoms with van der Waals surface area (Å²) < 4.78 is 6.22. The number of halogens is 2. The molecule has 34 heavy (non-hydrogen) atoms. The predicted octanol–water partition coefficient (Wildman–Crippen LogP) is 7.11. The van der Waals surface area contributed by atoms with Crippen molar-refractivity contribution in [1.82, 2.24) is 5.32 Å². The van der Waals surface area contributed by atoms with Crippen LogP contribution in [0.2, 0.25) is 10.0 Å². The van der Waals surface area contributed by atoms with E-state index in [1.54, 1.807) is 54.6 Å². The number of benzene rings is 3. The molecule has 2 heterocycles. The first-order valence-electron chi connectivity index (χ1n) is 10.0. The van der Waals surface area contributed by atoms with Crippen LogP contribution in [0.3, 0.4) is 0 Å². The molecule has 0 unspecified atom stereocenters. The summed E-state index contributed by atoms with van der Waals surface area (Å²) in [4.78, 5) is 25.5. The number of nitrogens with one attached hydrogen (secondary N) is 2. The first-order valence-corrected chi connectivity index (χ1v) is 12.0. The third-order valence-electron chi connectivity index (χ3n) is 5.12. The summed E-state index contributed by atoms with van der Waals surface area (Å²) in [6.45, 7) is 0. The van der Waals surface area contributed by atoms with Crippen molar-refractivity contribution in [2.75, 3.05) is 5.32 Å². The molecule has 168 valence electrons. The number of anilines is 1. The fourth-order valence-electron chi connectivity index (χ4n) is 3.50. The molecule has 2 aromatic heterocycles. The Morgan fingerprint density at radius 1 is 0.971 bits per heavy atom. The first-order chi connectivity index (χ1) is 16.4. The lowest BCUT2D eigenvalue weighted by molar-refractivity contribution is 0.0982. The highest BCUT2D eigenvalue weighted by atomic mass is 35.5. The van der Waals surface area contributed by atoms with Crippen LogP contribution in [0.1, 0.15) is 9.67 Å². The van der Waals surface area contributed by atoms with Crippen molar-refractivity contribution >= 4 is 84.5 Å². The smallest absolute Gasteiger partial charge is 0.344 e. The minimum absolute atomic E-state index is 0.120. The molecular weight excluding hydrogens is 511 g/mol. The third kappa shape index (κ3) is 4.43. The van der Waals surface area contributed by atoms with Crippen LogP contribution in [-0.2, 0) is 0 Å². The van der Waals surface area contributed by atoms with E-state index in [9.17, 15) is 9.59 Å². The highest BCUT2D eigenvalue weighted by molar-refractivity contribution is 7.80. The zero-order valence-corrected chi connectivity index (χ0v) is 20.4. The molecule has 3 aromatic carbocycles. The summed E-state index contributed by atoms with van der Waals surface area (Å²) in [5.74, 6) is -0.412. The average Bonchev–Trinajstić information content (AvgIpc) is 3.14. The van der Waals surface area contributed by atoms with Gasteiger partial charge in [0.15, 0.2) is 5.11 Å². The molecule has 0 aliphatic heterocycles. The van der Waals surface area contributed by atoms with Crippen molar-refractivity contribution in [3.8, 4) is 11.1 Å². The maximum absolute atomic E-state index is 12.7. The molecule has 5 nitrogen and oxygen atoms in total. The highest BCUT2D eigenvalue weighted by Crippen LogP contribution is 2.36. The normalized spacial score (nSPS) is 11.0. The largest absolute Gasteiger partial charge is 0.422 e. The molecule has 0 aliphatic rings. The van der Waals surface area contributed by atoms with E-state index in [4.69, 9.17) is 39.8 Å². The number of hydrogen-bond acceptors (Lipinski definition) is 5.